The molecule has 0 amide bonds. The van der Waals surface area contributed by atoms with E-state index in [0.717, 1.165) is 25.3 Å². The second-order valence-corrected chi connectivity index (χ2v) is 4.34. The highest BCUT2D eigenvalue weighted by Gasteiger charge is 2.26. The van der Waals surface area contributed by atoms with Gasteiger partial charge in [-0.3, -0.25) is 0 Å². The van der Waals surface area contributed by atoms with E-state index in [9.17, 15) is 0 Å². The smallest absolute Gasteiger partial charge is 0.146 e. The number of hydrogen-bond donors (Lipinski definition) is 0. The fourth-order valence-corrected chi connectivity index (χ4v) is 2.09. The Morgan fingerprint density at radius 2 is 2.38 bits per heavy atom. The van der Waals surface area contributed by atoms with Gasteiger partial charge >= 0.3 is 0 Å². The highest BCUT2D eigenvalue weighted by atomic mass is 15.3. The Bertz CT molecular complexity index is 408. The lowest BCUT2D eigenvalue weighted by atomic mass is 10.2. The number of anilines is 1. The molecule has 0 aliphatic carbocycles. The Hall–Kier alpha value is -1.60. The van der Waals surface area contributed by atoms with Crippen molar-refractivity contribution in [3.05, 3.63) is 23.9 Å². The Balaban J connectivity index is 2.18. The van der Waals surface area contributed by atoms with Crippen LogP contribution in [0.15, 0.2) is 18.3 Å². The lowest BCUT2D eigenvalue weighted by Gasteiger charge is -2.21. The average Bonchev–Trinajstić information content (AvgIpc) is 2.78. The molecule has 4 nitrogen and oxygen atoms in total. The SMILES string of the molecule is CN(C)[C@H]1CCN(c2ncccc2C#N)C1. The molecule has 0 saturated carbocycles. The maximum atomic E-state index is 9.03. The summed E-state index contributed by atoms with van der Waals surface area (Å²) in [4.78, 5) is 8.74. The minimum Gasteiger partial charge on any atom is -0.354 e. The molecule has 1 saturated heterocycles. The summed E-state index contributed by atoms with van der Waals surface area (Å²) in [6.45, 7) is 1.94. The molecule has 1 aliphatic rings. The van der Waals surface area contributed by atoms with Gasteiger partial charge in [-0.2, -0.15) is 5.26 Å². The third-order valence-electron chi connectivity index (χ3n) is 3.10. The van der Waals surface area contributed by atoms with E-state index in [1.54, 1.807) is 6.20 Å². The molecule has 2 heterocycles. The Kier molecular flexibility index (Phi) is 3.07. The van der Waals surface area contributed by atoms with Crippen molar-refractivity contribution in [2.45, 2.75) is 12.5 Å². The first-order valence-corrected chi connectivity index (χ1v) is 5.49. The molecule has 0 bridgehead atoms. The van der Waals surface area contributed by atoms with Gasteiger partial charge in [-0.1, -0.05) is 0 Å². The molecule has 1 fully saturated rings. The summed E-state index contributed by atoms with van der Waals surface area (Å²) >= 11 is 0. The van der Waals surface area contributed by atoms with Crippen LogP contribution in [0.5, 0.6) is 0 Å². The number of nitriles is 1. The van der Waals surface area contributed by atoms with Crippen molar-refractivity contribution in [3.63, 3.8) is 0 Å². The molecule has 16 heavy (non-hydrogen) atoms. The topological polar surface area (TPSA) is 43.2 Å². The lowest BCUT2D eigenvalue weighted by Crippen LogP contribution is -2.31. The normalized spacial score (nSPS) is 20.1. The zero-order chi connectivity index (χ0) is 11.5. The van der Waals surface area contributed by atoms with Crippen LogP contribution < -0.4 is 4.90 Å². The first-order valence-electron chi connectivity index (χ1n) is 5.49. The molecule has 0 N–H and O–H groups in total. The third kappa shape index (κ3) is 2.00. The first kappa shape index (κ1) is 10.9. The van der Waals surface area contributed by atoms with Crippen molar-refractivity contribution in [2.75, 3.05) is 32.1 Å². The molecule has 1 aromatic rings. The molecule has 0 unspecified atom stereocenters. The molecule has 84 valence electrons. The van der Waals surface area contributed by atoms with Crippen LogP contribution in [0.4, 0.5) is 5.82 Å². The van der Waals surface area contributed by atoms with Crippen molar-refractivity contribution >= 4 is 5.82 Å². The van der Waals surface area contributed by atoms with Crippen LogP contribution in [0.2, 0.25) is 0 Å². The number of aromatic nitrogens is 1. The van der Waals surface area contributed by atoms with Crippen LogP contribution in [0.1, 0.15) is 12.0 Å². The minimum atomic E-state index is 0.563. The molecular formula is C12H16N4. The van der Waals surface area contributed by atoms with Gasteiger partial charge in [-0.15, -0.1) is 0 Å². The largest absolute Gasteiger partial charge is 0.354 e. The highest BCUT2D eigenvalue weighted by Crippen LogP contribution is 2.22. The zero-order valence-electron chi connectivity index (χ0n) is 9.72. The molecule has 2 rings (SSSR count). The van der Waals surface area contributed by atoms with Crippen molar-refractivity contribution in [2.24, 2.45) is 0 Å². The van der Waals surface area contributed by atoms with Crippen molar-refractivity contribution in [1.29, 1.82) is 5.26 Å². The van der Waals surface area contributed by atoms with Gasteiger partial charge in [-0.25, -0.2) is 4.98 Å². The molecule has 1 aromatic heterocycles. The predicted molar refractivity (Wildman–Crippen MR) is 63.3 cm³/mol. The molecule has 0 spiro atoms. The molecular weight excluding hydrogens is 200 g/mol. The molecule has 0 radical (unpaired) electrons. The predicted octanol–water partition coefficient (Wildman–Crippen LogP) is 1.09. The molecule has 0 aromatic carbocycles. The summed E-state index contributed by atoms with van der Waals surface area (Å²) in [6.07, 6.45) is 2.88. The summed E-state index contributed by atoms with van der Waals surface area (Å²) in [6, 6.07) is 6.39. The van der Waals surface area contributed by atoms with E-state index in [-0.39, 0.29) is 0 Å². The summed E-state index contributed by atoms with van der Waals surface area (Å²) in [5.74, 6) is 0.828. The van der Waals surface area contributed by atoms with Gasteiger partial charge in [0.2, 0.25) is 0 Å². The quantitative estimate of drug-likeness (QED) is 0.742. The average molecular weight is 216 g/mol. The van der Waals surface area contributed by atoms with E-state index in [4.69, 9.17) is 5.26 Å². The number of likely N-dealkylation sites (N-methyl/N-ethyl adjacent to an activating group) is 1. The van der Waals surface area contributed by atoms with E-state index in [1.807, 2.05) is 12.1 Å². The van der Waals surface area contributed by atoms with Gasteiger partial charge in [0.25, 0.3) is 0 Å². The van der Waals surface area contributed by atoms with Crippen LogP contribution >= 0.6 is 0 Å². The second kappa shape index (κ2) is 4.50. The van der Waals surface area contributed by atoms with Gasteiger partial charge in [-0.05, 0) is 32.6 Å². The number of pyridine rings is 1. The maximum absolute atomic E-state index is 9.03. The van der Waals surface area contributed by atoms with Crippen LogP contribution in [0.25, 0.3) is 0 Å². The Morgan fingerprint density at radius 1 is 1.56 bits per heavy atom. The number of nitrogens with zero attached hydrogens (tertiary/aromatic N) is 4. The first-order chi connectivity index (χ1) is 7.72. The van der Waals surface area contributed by atoms with Crippen molar-refractivity contribution in [3.8, 4) is 6.07 Å². The summed E-state index contributed by atoms with van der Waals surface area (Å²) in [5.41, 5.74) is 0.668. The minimum absolute atomic E-state index is 0.563. The Morgan fingerprint density at radius 3 is 3.00 bits per heavy atom. The molecule has 1 atom stereocenters. The van der Waals surface area contributed by atoms with E-state index >= 15 is 0 Å². The maximum Gasteiger partial charge on any atom is 0.146 e. The number of rotatable bonds is 2. The number of hydrogen-bond acceptors (Lipinski definition) is 4. The van der Waals surface area contributed by atoms with E-state index < -0.39 is 0 Å². The fraction of sp³-hybridized carbons (Fsp3) is 0.500. The molecule has 4 heteroatoms. The lowest BCUT2D eigenvalue weighted by molar-refractivity contribution is 0.315. The van der Waals surface area contributed by atoms with Crippen molar-refractivity contribution < 1.29 is 0 Å². The van der Waals surface area contributed by atoms with Crippen LogP contribution in [-0.2, 0) is 0 Å². The van der Waals surface area contributed by atoms with E-state index in [1.165, 1.54) is 0 Å². The fourth-order valence-electron chi connectivity index (χ4n) is 2.09. The van der Waals surface area contributed by atoms with Gasteiger partial charge in [0.05, 0.1) is 5.56 Å². The van der Waals surface area contributed by atoms with Gasteiger partial charge in [0.1, 0.15) is 11.9 Å². The summed E-state index contributed by atoms with van der Waals surface area (Å²) in [7, 11) is 4.19. The van der Waals surface area contributed by atoms with Crippen LogP contribution in [0.3, 0.4) is 0 Å². The third-order valence-corrected chi connectivity index (χ3v) is 3.10. The standard InChI is InChI=1S/C12H16N4/c1-15(2)11-5-7-16(9-11)12-10(8-13)4-3-6-14-12/h3-4,6,11H,5,7,9H2,1-2H3/t11-/m0/s1. The summed E-state index contributed by atoms with van der Waals surface area (Å²) < 4.78 is 0. The monoisotopic (exact) mass is 216 g/mol. The zero-order valence-corrected chi connectivity index (χ0v) is 9.72. The van der Waals surface area contributed by atoms with Crippen molar-refractivity contribution in [1.82, 2.24) is 9.88 Å². The van der Waals surface area contributed by atoms with Gasteiger partial charge < -0.3 is 9.80 Å². The van der Waals surface area contributed by atoms with Gasteiger partial charge in [0.15, 0.2) is 0 Å². The second-order valence-electron chi connectivity index (χ2n) is 4.34. The van der Waals surface area contributed by atoms with Gasteiger partial charge in [0, 0.05) is 25.3 Å². The van der Waals surface area contributed by atoms with Crippen LogP contribution in [0, 0.1) is 11.3 Å². The van der Waals surface area contributed by atoms with E-state index in [0.29, 0.717) is 11.6 Å². The van der Waals surface area contributed by atoms with E-state index in [2.05, 4.69) is 34.9 Å². The Labute approximate surface area is 96.1 Å². The molecule has 1 aliphatic heterocycles. The highest BCUT2D eigenvalue weighted by molar-refractivity contribution is 5.54. The summed E-state index contributed by atoms with van der Waals surface area (Å²) in [5, 5.41) is 9.03. The van der Waals surface area contributed by atoms with Crippen LogP contribution in [-0.4, -0.2) is 43.1 Å².